The van der Waals surface area contributed by atoms with Crippen LogP contribution in [-0.4, -0.2) is 9.38 Å². The molecule has 0 atom stereocenters. The van der Waals surface area contributed by atoms with Gasteiger partial charge in [0.15, 0.2) is 4.96 Å². The van der Waals surface area contributed by atoms with Gasteiger partial charge in [-0.05, 0) is 19.1 Å². The first-order valence-corrected chi connectivity index (χ1v) is 4.99. The van der Waals surface area contributed by atoms with Gasteiger partial charge in [-0.25, -0.2) is 4.98 Å². The highest BCUT2D eigenvalue weighted by molar-refractivity contribution is 7.17. The van der Waals surface area contributed by atoms with E-state index >= 15 is 0 Å². The monoisotopic (exact) mass is 188 g/mol. The van der Waals surface area contributed by atoms with Crippen LogP contribution in [0.3, 0.4) is 0 Å². The molecule has 3 rings (SSSR count). The van der Waals surface area contributed by atoms with Crippen molar-refractivity contribution in [2.45, 2.75) is 6.92 Å². The van der Waals surface area contributed by atoms with E-state index in [1.54, 1.807) is 11.3 Å². The van der Waals surface area contributed by atoms with Gasteiger partial charge in [-0.15, -0.1) is 11.3 Å². The van der Waals surface area contributed by atoms with Gasteiger partial charge in [-0.3, -0.25) is 4.40 Å². The minimum atomic E-state index is 1.08. The minimum absolute atomic E-state index is 1.08. The number of nitrogens with zero attached hydrogens (tertiary/aromatic N) is 2. The quantitative estimate of drug-likeness (QED) is 0.530. The van der Waals surface area contributed by atoms with E-state index in [2.05, 4.69) is 28.6 Å². The van der Waals surface area contributed by atoms with Crippen LogP contribution in [-0.2, 0) is 0 Å². The maximum Gasteiger partial charge on any atom is 0.194 e. The van der Waals surface area contributed by atoms with Gasteiger partial charge < -0.3 is 0 Å². The molecule has 2 aromatic heterocycles. The zero-order chi connectivity index (χ0) is 8.84. The Balaban J connectivity index is 2.60. The van der Waals surface area contributed by atoms with Crippen molar-refractivity contribution in [1.82, 2.24) is 9.38 Å². The lowest BCUT2D eigenvalue weighted by molar-refractivity contribution is 1.26. The molecule has 13 heavy (non-hydrogen) atoms. The van der Waals surface area contributed by atoms with Crippen molar-refractivity contribution in [3.8, 4) is 0 Å². The van der Waals surface area contributed by atoms with Crippen molar-refractivity contribution < 1.29 is 0 Å². The summed E-state index contributed by atoms with van der Waals surface area (Å²) >= 11 is 1.73. The number of aromatic nitrogens is 2. The summed E-state index contributed by atoms with van der Waals surface area (Å²) in [6.07, 6.45) is 2.13. The van der Waals surface area contributed by atoms with Crippen molar-refractivity contribution in [2.24, 2.45) is 0 Å². The van der Waals surface area contributed by atoms with Gasteiger partial charge in [-0.1, -0.05) is 12.1 Å². The maximum absolute atomic E-state index is 4.52. The molecule has 0 unspecified atom stereocenters. The minimum Gasteiger partial charge on any atom is -0.290 e. The Hall–Kier alpha value is -1.35. The lowest BCUT2D eigenvalue weighted by Crippen LogP contribution is -1.74. The highest BCUT2D eigenvalue weighted by atomic mass is 32.1. The van der Waals surface area contributed by atoms with E-state index in [-0.39, 0.29) is 0 Å². The van der Waals surface area contributed by atoms with E-state index < -0.39 is 0 Å². The molecular weight excluding hydrogens is 180 g/mol. The SMILES string of the molecule is Cc1cn2c(nc3ccccc32)s1. The molecule has 0 saturated carbocycles. The van der Waals surface area contributed by atoms with Crippen molar-refractivity contribution in [2.75, 3.05) is 0 Å². The second-order valence-corrected chi connectivity index (χ2v) is 4.31. The molecule has 2 nitrogen and oxygen atoms in total. The Kier molecular flexibility index (Phi) is 1.27. The molecular formula is C10H8N2S. The molecule has 0 fully saturated rings. The predicted octanol–water partition coefficient (Wildman–Crippen LogP) is 2.86. The Morgan fingerprint density at radius 3 is 3.08 bits per heavy atom. The van der Waals surface area contributed by atoms with Crippen LogP contribution in [0.2, 0.25) is 0 Å². The number of aryl methyl sites for hydroxylation is 1. The van der Waals surface area contributed by atoms with Gasteiger partial charge in [0.1, 0.15) is 0 Å². The van der Waals surface area contributed by atoms with Crippen LogP contribution in [0.25, 0.3) is 16.0 Å². The van der Waals surface area contributed by atoms with Crippen LogP contribution in [0.1, 0.15) is 4.88 Å². The highest BCUT2D eigenvalue weighted by Crippen LogP contribution is 2.22. The van der Waals surface area contributed by atoms with Crippen molar-refractivity contribution in [1.29, 1.82) is 0 Å². The van der Waals surface area contributed by atoms with Crippen LogP contribution >= 0.6 is 11.3 Å². The molecule has 0 saturated heterocycles. The van der Waals surface area contributed by atoms with Crippen molar-refractivity contribution in [3.63, 3.8) is 0 Å². The fourth-order valence-corrected chi connectivity index (χ4v) is 2.41. The third-order valence-corrected chi connectivity index (χ3v) is 3.02. The summed E-state index contributed by atoms with van der Waals surface area (Å²) < 4.78 is 2.15. The van der Waals surface area contributed by atoms with Crippen LogP contribution in [0.4, 0.5) is 0 Å². The van der Waals surface area contributed by atoms with E-state index in [1.165, 1.54) is 10.4 Å². The van der Waals surface area contributed by atoms with Gasteiger partial charge in [0.05, 0.1) is 11.0 Å². The zero-order valence-corrected chi connectivity index (χ0v) is 8.01. The first-order chi connectivity index (χ1) is 6.34. The third kappa shape index (κ3) is 0.906. The lowest BCUT2D eigenvalue weighted by atomic mass is 10.3. The molecule has 0 aliphatic carbocycles. The second-order valence-electron chi connectivity index (χ2n) is 3.09. The molecule has 3 aromatic rings. The maximum atomic E-state index is 4.52. The zero-order valence-electron chi connectivity index (χ0n) is 7.19. The normalized spacial score (nSPS) is 11.5. The number of rotatable bonds is 0. The smallest absolute Gasteiger partial charge is 0.194 e. The number of imidazole rings is 1. The molecule has 2 heterocycles. The van der Waals surface area contributed by atoms with Gasteiger partial charge in [0.2, 0.25) is 0 Å². The summed E-state index contributed by atoms with van der Waals surface area (Å²) in [6, 6.07) is 8.21. The first-order valence-electron chi connectivity index (χ1n) is 4.18. The van der Waals surface area contributed by atoms with Gasteiger partial charge in [0.25, 0.3) is 0 Å². The van der Waals surface area contributed by atoms with Crippen LogP contribution in [0.15, 0.2) is 30.5 Å². The summed E-state index contributed by atoms with van der Waals surface area (Å²) in [6.45, 7) is 2.11. The van der Waals surface area contributed by atoms with E-state index in [9.17, 15) is 0 Å². The molecule has 0 radical (unpaired) electrons. The van der Waals surface area contributed by atoms with Crippen molar-refractivity contribution >= 4 is 27.3 Å². The third-order valence-electron chi connectivity index (χ3n) is 2.13. The Bertz CT molecular complexity index is 577. The Labute approximate surface area is 79.5 Å². The number of hydrogen-bond acceptors (Lipinski definition) is 2. The molecule has 64 valence electrons. The Morgan fingerprint density at radius 1 is 1.31 bits per heavy atom. The standard InChI is InChI=1S/C10H8N2S/c1-7-6-12-9-5-3-2-4-8(9)11-10(12)13-7/h2-6H,1H3. The van der Waals surface area contributed by atoms with E-state index in [4.69, 9.17) is 0 Å². The molecule has 3 heteroatoms. The van der Waals surface area contributed by atoms with Crippen molar-refractivity contribution in [3.05, 3.63) is 35.3 Å². The first kappa shape index (κ1) is 7.09. The number of fused-ring (bicyclic) bond motifs is 3. The number of para-hydroxylation sites is 2. The summed E-state index contributed by atoms with van der Waals surface area (Å²) in [5, 5.41) is 0. The van der Waals surface area contributed by atoms with Crippen LogP contribution in [0, 0.1) is 6.92 Å². The van der Waals surface area contributed by atoms with Crippen LogP contribution in [0.5, 0.6) is 0 Å². The van der Waals surface area contributed by atoms with Gasteiger partial charge in [-0.2, -0.15) is 0 Å². The Morgan fingerprint density at radius 2 is 2.15 bits per heavy atom. The summed E-state index contributed by atoms with van der Waals surface area (Å²) in [5.74, 6) is 0. The number of hydrogen-bond donors (Lipinski definition) is 0. The topological polar surface area (TPSA) is 17.3 Å². The summed E-state index contributed by atoms with van der Waals surface area (Å²) in [4.78, 5) is 6.90. The van der Waals surface area contributed by atoms with Gasteiger partial charge >= 0.3 is 0 Å². The number of thiazole rings is 1. The van der Waals surface area contributed by atoms with E-state index in [0.717, 1.165) is 10.5 Å². The highest BCUT2D eigenvalue weighted by Gasteiger charge is 2.04. The van der Waals surface area contributed by atoms with E-state index in [1.807, 2.05) is 18.2 Å². The second kappa shape index (κ2) is 2.33. The predicted molar refractivity (Wildman–Crippen MR) is 55.3 cm³/mol. The van der Waals surface area contributed by atoms with E-state index in [0.29, 0.717) is 0 Å². The molecule has 1 aromatic carbocycles. The van der Waals surface area contributed by atoms with Gasteiger partial charge in [0, 0.05) is 11.1 Å². The molecule has 0 N–H and O–H groups in total. The average molecular weight is 188 g/mol. The average Bonchev–Trinajstić information content (AvgIpc) is 2.60. The summed E-state index contributed by atoms with van der Waals surface area (Å²) in [7, 11) is 0. The fraction of sp³-hybridized carbons (Fsp3) is 0.100. The number of benzene rings is 1. The van der Waals surface area contributed by atoms with Crippen LogP contribution < -0.4 is 0 Å². The summed E-state index contributed by atoms with van der Waals surface area (Å²) in [5.41, 5.74) is 2.27. The molecule has 0 spiro atoms. The fourth-order valence-electron chi connectivity index (χ4n) is 1.57. The largest absolute Gasteiger partial charge is 0.290 e. The molecule has 0 amide bonds. The molecule has 0 aliphatic rings. The molecule has 0 bridgehead atoms. The molecule has 0 aliphatic heterocycles. The lowest BCUT2D eigenvalue weighted by Gasteiger charge is -1.87.